The van der Waals surface area contributed by atoms with Crippen molar-refractivity contribution in [3.8, 4) is 0 Å². The molecular weight excluding hydrogens is 224 g/mol. The van der Waals surface area contributed by atoms with Crippen LogP contribution in [-0.2, 0) is 17.8 Å². The predicted molar refractivity (Wildman–Crippen MR) is 75.1 cm³/mol. The van der Waals surface area contributed by atoms with Gasteiger partial charge >= 0.3 is 0 Å². The summed E-state index contributed by atoms with van der Waals surface area (Å²) in [5.74, 6) is 0.0875. The van der Waals surface area contributed by atoms with Gasteiger partial charge in [-0.05, 0) is 24.0 Å². The third kappa shape index (κ3) is 3.84. The first-order valence-corrected chi connectivity index (χ1v) is 6.65. The van der Waals surface area contributed by atoms with Gasteiger partial charge in [-0.2, -0.15) is 0 Å². The molecule has 3 heteroatoms. The van der Waals surface area contributed by atoms with Gasteiger partial charge in [0.25, 0.3) is 0 Å². The Kier molecular flexibility index (Phi) is 5.86. The number of nitrogens with zero attached hydrogens (tertiary/aromatic N) is 1. The Bertz CT molecular complexity index is 369. The van der Waals surface area contributed by atoms with Crippen LogP contribution in [0.5, 0.6) is 0 Å². The van der Waals surface area contributed by atoms with Crippen LogP contribution in [0.25, 0.3) is 0 Å². The zero-order valence-electron chi connectivity index (χ0n) is 11.6. The maximum atomic E-state index is 12.1. The van der Waals surface area contributed by atoms with Crippen molar-refractivity contribution < 1.29 is 4.79 Å². The molecule has 0 aromatic heterocycles. The fourth-order valence-corrected chi connectivity index (χ4v) is 1.99. The van der Waals surface area contributed by atoms with Crippen molar-refractivity contribution in [3.05, 3.63) is 35.4 Å². The summed E-state index contributed by atoms with van der Waals surface area (Å²) < 4.78 is 0. The second-order valence-corrected chi connectivity index (χ2v) is 4.71. The van der Waals surface area contributed by atoms with E-state index in [0.29, 0.717) is 13.1 Å². The number of aryl methyl sites for hydroxylation is 1. The second-order valence-electron chi connectivity index (χ2n) is 4.71. The van der Waals surface area contributed by atoms with Crippen molar-refractivity contribution in [2.45, 2.75) is 33.2 Å². The van der Waals surface area contributed by atoms with Crippen LogP contribution in [0.1, 0.15) is 31.4 Å². The molecule has 0 saturated carbocycles. The number of nitrogens with two attached hydrogens (primary N) is 1. The average Bonchev–Trinajstić information content (AvgIpc) is 2.40. The van der Waals surface area contributed by atoms with Crippen molar-refractivity contribution >= 4 is 5.91 Å². The molecule has 100 valence electrons. The van der Waals surface area contributed by atoms with Crippen LogP contribution in [0.4, 0.5) is 0 Å². The summed E-state index contributed by atoms with van der Waals surface area (Å²) in [6.45, 7) is 5.21. The minimum absolute atomic E-state index is 0.0510. The standard InChI is InChI=1S/C15H24N2O/c1-4-12-6-8-13(9-7-12)11-17(3)15(18)14(5-2)10-16/h6-9,14H,4-5,10-11,16H2,1-3H3. The van der Waals surface area contributed by atoms with E-state index in [9.17, 15) is 4.79 Å². The first kappa shape index (κ1) is 14.7. The zero-order chi connectivity index (χ0) is 13.5. The lowest BCUT2D eigenvalue weighted by Gasteiger charge is -2.22. The molecule has 1 aromatic carbocycles. The number of carbonyl (C=O) groups is 1. The first-order valence-electron chi connectivity index (χ1n) is 6.65. The number of hydrogen-bond donors (Lipinski definition) is 1. The number of rotatable bonds is 6. The lowest BCUT2D eigenvalue weighted by molar-refractivity contribution is -0.134. The van der Waals surface area contributed by atoms with E-state index >= 15 is 0 Å². The van der Waals surface area contributed by atoms with E-state index in [0.717, 1.165) is 18.4 Å². The van der Waals surface area contributed by atoms with Crippen LogP contribution in [0.15, 0.2) is 24.3 Å². The number of amides is 1. The lowest BCUT2D eigenvalue weighted by Crippen LogP contribution is -2.35. The Balaban J connectivity index is 2.62. The van der Waals surface area contributed by atoms with Crippen molar-refractivity contribution in [2.75, 3.05) is 13.6 Å². The predicted octanol–water partition coefficient (Wildman–Crippen LogP) is 2.19. The van der Waals surface area contributed by atoms with E-state index in [1.807, 2.05) is 14.0 Å². The summed E-state index contributed by atoms with van der Waals surface area (Å²) in [6, 6.07) is 8.42. The van der Waals surface area contributed by atoms with Crippen LogP contribution in [0, 0.1) is 5.92 Å². The molecule has 0 fully saturated rings. The number of carbonyl (C=O) groups excluding carboxylic acids is 1. The Labute approximate surface area is 110 Å². The molecule has 3 nitrogen and oxygen atoms in total. The molecule has 1 unspecified atom stereocenters. The molecule has 0 aliphatic rings. The van der Waals surface area contributed by atoms with Gasteiger partial charge in [0, 0.05) is 20.1 Å². The van der Waals surface area contributed by atoms with Gasteiger partial charge in [-0.15, -0.1) is 0 Å². The number of benzene rings is 1. The maximum absolute atomic E-state index is 12.1. The van der Waals surface area contributed by atoms with Gasteiger partial charge < -0.3 is 10.6 Å². The largest absolute Gasteiger partial charge is 0.341 e. The highest BCUT2D eigenvalue weighted by Gasteiger charge is 2.18. The van der Waals surface area contributed by atoms with Crippen molar-refractivity contribution in [1.29, 1.82) is 0 Å². The monoisotopic (exact) mass is 248 g/mol. The molecule has 0 saturated heterocycles. The average molecular weight is 248 g/mol. The molecular formula is C15H24N2O. The van der Waals surface area contributed by atoms with Crippen LogP contribution in [-0.4, -0.2) is 24.4 Å². The minimum Gasteiger partial charge on any atom is -0.341 e. The van der Waals surface area contributed by atoms with Gasteiger partial charge in [-0.3, -0.25) is 4.79 Å². The summed E-state index contributed by atoms with van der Waals surface area (Å²) >= 11 is 0. The second kappa shape index (κ2) is 7.17. The zero-order valence-corrected chi connectivity index (χ0v) is 11.6. The summed E-state index contributed by atoms with van der Waals surface area (Å²) in [4.78, 5) is 13.8. The highest BCUT2D eigenvalue weighted by Crippen LogP contribution is 2.11. The van der Waals surface area contributed by atoms with Gasteiger partial charge in [-0.25, -0.2) is 0 Å². The molecule has 1 rings (SSSR count). The molecule has 0 bridgehead atoms. The fourth-order valence-electron chi connectivity index (χ4n) is 1.99. The molecule has 18 heavy (non-hydrogen) atoms. The maximum Gasteiger partial charge on any atom is 0.226 e. The Morgan fingerprint density at radius 2 is 1.78 bits per heavy atom. The highest BCUT2D eigenvalue weighted by molar-refractivity contribution is 5.78. The first-order chi connectivity index (χ1) is 8.62. The topological polar surface area (TPSA) is 46.3 Å². The van der Waals surface area contributed by atoms with Crippen LogP contribution >= 0.6 is 0 Å². The lowest BCUT2D eigenvalue weighted by atomic mass is 10.0. The summed E-state index contributed by atoms with van der Waals surface area (Å²) in [5, 5.41) is 0. The van der Waals surface area contributed by atoms with E-state index < -0.39 is 0 Å². The number of hydrogen-bond acceptors (Lipinski definition) is 2. The Morgan fingerprint density at radius 3 is 2.22 bits per heavy atom. The Hall–Kier alpha value is -1.35. The minimum atomic E-state index is -0.0510. The highest BCUT2D eigenvalue weighted by atomic mass is 16.2. The normalized spacial score (nSPS) is 12.2. The van der Waals surface area contributed by atoms with Crippen LogP contribution in [0.2, 0.25) is 0 Å². The van der Waals surface area contributed by atoms with Crippen molar-refractivity contribution in [3.63, 3.8) is 0 Å². The van der Waals surface area contributed by atoms with E-state index in [1.54, 1.807) is 4.90 Å². The van der Waals surface area contributed by atoms with Crippen molar-refractivity contribution in [2.24, 2.45) is 11.7 Å². The third-order valence-electron chi connectivity index (χ3n) is 3.35. The molecule has 1 atom stereocenters. The smallest absolute Gasteiger partial charge is 0.226 e. The molecule has 0 spiro atoms. The summed E-state index contributed by atoms with van der Waals surface area (Å²) in [5.41, 5.74) is 8.09. The Morgan fingerprint density at radius 1 is 1.22 bits per heavy atom. The molecule has 0 radical (unpaired) electrons. The van der Waals surface area contributed by atoms with Crippen LogP contribution < -0.4 is 5.73 Å². The van der Waals surface area contributed by atoms with E-state index in [4.69, 9.17) is 5.73 Å². The molecule has 0 heterocycles. The third-order valence-corrected chi connectivity index (χ3v) is 3.35. The van der Waals surface area contributed by atoms with Gasteiger partial charge in [0.15, 0.2) is 0 Å². The molecule has 0 aliphatic carbocycles. The van der Waals surface area contributed by atoms with E-state index in [2.05, 4.69) is 31.2 Å². The van der Waals surface area contributed by atoms with Gasteiger partial charge in [-0.1, -0.05) is 38.1 Å². The van der Waals surface area contributed by atoms with Crippen molar-refractivity contribution in [1.82, 2.24) is 4.90 Å². The van der Waals surface area contributed by atoms with E-state index in [1.165, 1.54) is 5.56 Å². The molecule has 2 N–H and O–H groups in total. The van der Waals surface area contributed by atoms with Gasteiger partial charge in [0.05, 0.1) is 5.92 Å². The quantitative estimate of drug-likeness (QED) is 0.839. The van der Waals surface area contributed by atoms with E-state index in [-0.39, 0.29) is 11.8 Å². The molecule has 1 aromatic rings. The van der Waals surface area contributed by atoms with Crippen LogP contribution in [0.3, 0.4) is 0 Å². The summed E-state index contributed by atoms with van der Waals surface area (Å²) in [7, 11) is 1.84. The summed E-state index contributed by atoms with van der Waals surface area (Å²) in [6.07, 6.45) is 1.84. The van der Waals surface area contributed by atoms with Gasteiger partial charge in [0.2, 0.25) is 5.91 Å². The fraction of sp³-hybridized carbons (Fsp3) is 0.533. The molecule has 1 amide bonds. The van der Waals surface area contributed by atoms with Gasteiger partial charge in [0.1, 0.15) is 0 Å². The SMILES string of the molecule is CCc1ccc(CN(C)C(=O)C(CC)CN)cc1. The molecule has 0 aliphatic heterocycles.